The molecule has 0 spiro atoms. The summed E-state index contributed by atoms with van der Waals surface area (Å²) in [7, 11) is -1.74. The van der Waals surface area contributed by atoms with Crippen molar-refractivity contribution in [2.24, 2.45) is 0 Å². The zero-order chi connectivity index (χ0) is 24.0. The quantitative estimate of drug-likeness (QED) is 0.141. The summed E-state index contributed by atoms with van der Waals surface area (Å²) in [6, 6.07) is 38.5. The Kier molecular flexibility index (Phi) is 7.58. The molecule has 0 heterocycles. The number of esters is 1. The number of ether oxygens (including phenoxy) is 1. The molecule has 170 valence electrons. The maximum atomic E-state index is 12.7. The number of rotatable bonds is 8. The lowest BCUT2D eigenvalue weighted by Crippen LogP contribution is -2.69. The molecule has 3 nitrogen and oxygen atoms in total. The van der Waals surface area contributed by atoms with Gasteiger partial charge in [-0.2, -0.15) is 0 Å². The Balaban J connectivity index is 2.02. The van der Waals surface area contributed by atoms with Gasteiger partial charge in [-0.1, -0.05) is 132 Å². The molecular formula is C29H25BrO3Si. The van der Waals surface area contributed by atoms with Crippen LogP contribution in [0.5, 0.6) is 0 Å². The molecule has 0 radical (unpaired) electrons. The highest BCUT2D eigenvalue weighted by molar-refractivity contribution is 9.10. The Hall–Kier alpha value is -3.25. The van der Waals surface area contributed by atoms with Gasteiger partial charge in [-0.3, -0.25) is 0 Å². The molecule has 4 aromatic rings. The van der Waals surface area contributed by atoms with E-state index in [-0.39, 0.29) is 5.57 Å². The fourth-order valence-electron chi connectivity index (χ4n) is 4.15. The molecule has 5 heteroatoms. The van der Waals surface area contributed by atoms with E-state index in [2.05, 4.69) is 58.9 Å². The Bertz CT molecular complexity index is 1160. The van der Waals surface area contributed by atoms with Crippen molar-refractivity contribution in [1.29, 1.82) is 0 Å². The van der Waals surface area contributed by atoms with Crippen molar-refractivity contribution >= 4 is 45.8 Å². The van der Waals surface area contributed by atoms with Crippen molar-refractivity contribution in [3.8, 4) is 0 Å². The standard InChI is InChI=1S/C29H25BrO3Si/c1-22(29(31)32-2)28(26-20-12-13-21-27(26)30)33-34(23-14-6-3-7-15-23,24-16-8-4-9-17-24)25-18-10-5-11-19-25/h3-21,28H,1H2,2H3/t28-/m1/s1. The van der Waals surface area contributed by atoms with Crippen LogP contribution in [-0.4, -0.2) is 21.4 Å². The zero-order valence-corrected chi connectivity index (χ0v) is 21.4. The monoisotopic (exact) mass is 528 g/mol. The van der Waals surface area contributed by atoms with Gasteiger partial charge in [0, 0.05) is 4.47 Å². The molecule has 0 aliphatic carbocycles. The van der Waals surface area contributed by atoms with E-state index in [0.717, 1.165) is 25.6 Å². The van der Waals surface area contributed by atoms with Crippen LogP contribution in [0.1, 0.15) is 11.7 Å². The van der Waals surface area contributed by atoms with Gasteiger partial charge in [0.05, 0.1) is 12.7 Å². The van der Waals surface area contributed by atoms with Crippen molar-refractivity contribution in [3.05, 3.63) is 137 Å². The molecule has 0 bridgehead atoms. The molecule has 0 saturated heterocycles. The summed E-state index contributed by atoms with van der Waals surface area (Å²) in [5.74, 6) is -0.502. The van der Waals surface area contributed by atoms with Crippen LogP contribution in [0.2, 0.25) is 0 Å². The van der Waals surface area contributed by atoms with Crippen molar-refractivity contribution in [3.63, 3.8) is 0 Å². The van der Waals surface area contributed by atoms with Gasteiger partial charge in [-0.25, -0.2) is 4.79 Å². The van der Waals surface area contributed by atoms with Crippen LogP contribution < -0.4 is 15.6 Å². The number of methoxy groups -OCH3 is 1. The van der Waals surface area contributed by atoms with Crippen LogP contribution >= 0.6 is 15.9 Å². The second-order valence-corrected chi connectivity index (χ2v) is 12.0. The number of hydrogen-bond acceptors (Lipinski definition) is 3. The molecule has 0 N–H and O–H groups in total. The fraction of sp³-hybridized carbons (Fsp3) is 0.0690. The van der Waals surface area contributed by atoms with E-state index >= 15 is 0 Å². The summed E-state index contributed by atoms with van der Waals surface area (Å²) in [5, 5.41) is 3.21. The third-order valence-electron chi connectivity index (χ3n) is 5.79. The molecular weight excluding hydrogens is 504 g/mol. The lowest BCUT2D eigenvalue weighted by Gasteiger charge is -2.37. The van der Waals surface area contributed by atoms with Gasteiger partial charge in [0.1, 0.15) is 6.10 Å². The molecule has 0 unspecified atom stereocenters. The zero-order valence-electron chi connectivity index (χ0n) is 18.9. The largest absolute Gasteiger partial charge is 0.466 e. The average molecular weight is 530 g/mol. The molecule has 0 aliphatic rings. The summed E-state index contributed by atoms with van der Waals surface area (Å²) in [6.45, 7) is 4.11. The number of hydrogen-bond donors (Lipinski definition) is 0. The maximum Gasteiger partial charge on any atom is 0.336 e. The van der Waals surface area contributed by atoms with Gasteiger partial charge in [0.25, 0.3) is 8.32 Å². The van der Waals surface area contributed by atoms with Crippen LogP contribution in [0, 0.1) is 0 Å². The van der Waals surface area contributed by atoms with Crippen LogP contribution in [-0.2, 0) is 14.0 Å². The average Bonchev–Trinajstić information content (AvgIpc) is 2.91. The second-order valence-electron chi connectivity index (χ2n) is 7.82. The lowest BCUT2D eigenvalue weighted by molar-refractivity contribution is -0.137. The molecule has 0 amide bonds. The van der Waals surface area contributed by atoms with Gasteiger partial charge in [0.2, 0.25) is 0 Å². The molecule has 4 aromatic carbocycles. The van der Waals surface area contributed by atoms with Gasteiger partial charge < -0.3 is 9.16 Å². The minimum Gasteiger partial charge on any atom is -0.466 e. The first-order valence-electron chi connectivity index (χ1n) is 10.9. The Morgan fingerprint density at radius 2 is 1.15 bits per heavy atom. The van der Waals surface area contributed by atoms with Crippen LogP contribution in [0.4, 0.5) is 0 Å². The SMILES string of the molecule is C=C(C(=O)OC)[C@@H](O[Si](c1ccccc1)(c1ccccc1)c1ccccc1)c1ccccc1Br. The van der Waals surface area contributed by atoms with Crippen molar-refractivity contribution in [1.82, 2.24) is 0 Å². The molecule has 0 aromatic heterocycles. The normalized spacial score (nSPS) is 12.1. The number of carbonyl (C=O) groups is 1. The Labute approximate surface area is 209 Å². The van der Waals surface area contributed by atoms with Crippen molar-refractivity contribution in [2.75, 3.05) is 7.11 Å². The lowest BCUT2D eigenvalue weighted by atomic mass is 10.0. The van der Waals surface area contributed by atoms with E-state index in [4.69, 9.17) is 9.16 Å². The van der Waals surface area contributed by atoms with Crippen molar-refractivity contribution < 1.29 is 14.0 Å². The summed E-state index contributed by atoms with van der Waals surface area (Å²) >= 11 is 3.65. The molecule has 0 aliphatic heterocycles. The first-order chi connectivity index (χ1) is 16.6. The predicted molar refractivity (Wildman–Crippen MR) is 143 cm³/mol. The first-order valence-corrected chi connectivity index (χ1v) is 13.6. The summed E-state index contributed by atoms with van der Waals surface area (Å²) in [6.07, 6.45) is -0.727. The predicted octanol–water partition coefficient (Wildman–Crippen LogP) is 4.90. The topological polar surface area (TPSA) is 35.5 Å². The smallest absolute Gasteiger partial charge is 0.336 e. The van der Waals surface area contributed by atoms with Crippen LogP contribution in [0.15, 0.2) is 132 Å². The summed E-state index contributed by atoms with van der Waals surface area (Å²) in [5.41, 5.74) is 1.06. The van der Waals surface area contributed by atoms with E-state index in [1.165, 1.54) is 7.11 Å². The minimum atomic E-state index is -3.10. The van der Waals surface area contributed by atoms with Gasteiger partial charge in [-0.05, 0) is 27.2 Å². The fourth-order valence-corrected chi connectivity index (χ4v) is 8.66. The number of carbonyl (C=O) groups excluding carboxylic acids is 1. The number of benzene rings is 4. The Morgan fingerprint density at radius 1 is 0.735 bits per heavy atom. The molecule has 4 rings (SSSR count). The van der Waals surface area contributed by atoms with Crippen molar-refractivity contribution in [2.45, 2.75) is 6.10 Å². The molecule has 0 saturated carbocycles. The Morgan fingerprint density at radius 3 is 1.56 bits per heavy atom. The number of halogens is 1. The first kappa shape index (κ1) is 23.9. The van der Waals surface area contributed by atoms with E-state index in [1.807, 2.05) is 78.9 Å². The highest BCUT2D eigenvalue weighted by Gasteiger charge is 2.45. The van der Waals surface area contributed by atoms with E-state index in [9.17, 15) is 4.79 Å². The van der Waals surface area contributed by atoms with Crippen LogP contribution in [0.25, 0.3) is 0 Å². The minimum absolute atomic E-state index is 0.245. The van der Waals surface area contributed by atoms with Crippen LogP contribution in [0.3, 0.4) is 0 Å². The molecule has 34 heavy (non-hydrogen) atoms. The van der Waals surface area contributed by atoms with Gasteiger partial charge in [0.15, 0.2) is 0 Å². The summed E-state index contributed by atoms with van der Waals surface area (Å²) < 4.78 is 13.2. The third-order valence-corrected chi connectivity index (χ3v) is 10.5. The molecule has 0 fully saturated rings. The van der Waals surface area contributed by atoms with E-state index < -0.39 is 20.4 Å². The van der Waals surface area contributed by atoms with E-state index in [0.29, 0.717) is 0 Å². The maximum absolute atomic E-state index is 12.7. The second kappa shape index (κ2) is 10.8. The third kappa shape index (κ3) is 4.68. The highest BCUT2D eigenvalue weighted by atomic mass is 79.9. The summed E-state index contributed by atoms with van der Waals surface area (Å²) in [4.78, 5) is 12.7. The van der Waals surface area contributed by atoms with E-state index in [1.54, 1.807) is 0 Å². The molecule has 1 atom stereocenters. The van der Waals surface area contributed by atoms with Gasteiger partial charge >= 0.3 is 5.97 Å². The van der Waals surface area contributed by atoms with Gasteiger partial charge in [-0.15, -0.1) is 0 Å². The highest BCUT2D eigenvalue weighted by Crippen LogP contribution is 2.34.